The number of hydrogen-bond donors (Lipinski definition) is 6. The van der Waals surface area contributed by atoms with Crippen molar-refractivity contribution in [1.29, 1.82) is 5.41 Å². The van der Waals surface area contributed by atoms with Gasteiger partial charge in [-0.25, -0.2) is 4.98 Å². The minimum Gasteiger partial charge on any atom is -0.399 e. The van der Waals surface area contributed by atoms with Crippen molar-refractivity contribution in [2.45, 2.75) is 59.2 Å². The van der Waals surface area contributed by atoms with Gasteiger partial charge in [-0.1, -0.05) is 31.2 Å². The fraction of sp³-hybridized carbons (Fsp3) is 0.333. The summed E-state index contributed by atoms with van der Waals surface area (Å²) in [6.45, 7) is 8.10. The highest BCUT2D eigenvalue weighted by Crippen LogP contribution is 2.25. The third-order valence-corrected chi connectivity index (χ3v) is 5.74. The highest BCUT2D eigenvalue weighted by atomic mass is 16.2. The molecule has 0 spiro atoms. The SMILES string of the molecule is CCC(C)NC(=O)c1cc(N)cc(-c2nnc(NC(C)C)nc2CC(=O)NCc2ccc(C(=N)N)cc2)c1. The maximum atomic E-state index is 12.9. The van der Waals surface area contributed by atoms with Crippen molar-refractivity contribution < 1.29 is 9.59 Å². The molecule has 2 amide bonds. The zero-order valence-corrected chi connectivity index (χ0v) is 22.1. The van der Waals surface area contributed by atoms with Crippen LogP contribution in [0.3, 0.4) is 0 Å². The van der Waals surface area contributed by atoms with Gasteiger partial charge in [-0.3, -0.25) is 15.0 Å². The number of nitrogens with two attached hydrogens (primary N) is 2. The van der Waals surface area contributed by atoms with Gasteiger partial charge in [-0.05, 0) is 51.0 Å². The summed E-state index contributed by atoms with van der Waals surface area (Å²) >= 11 is 0. The number of carbonyl (C=O) groups is 2. The molecule has 0 radical (unpaired) electrons. The van der Waals surface area contributed by atoms with Crippen LogP contribution in [-0.2, 0) is 17.8 Å². The number of amidine groups is 1. The summed E-state index contributed by atoms with van der Waals surface area (Å²) in [4.78, 5) is 30.2. The molecule has 0 bridgehead atoms. The summed E-state index contributed by atoms with van der Waals surface area (Å²) in [6.07, 6.45) is 0.729. The van der Waals surface area contributed by atoms with E-state index in [2.05, 4.69) is 31.1 Å². The molecule has 0 saturated heterocycles. The standard InChI is InChI=1S/C27H35N9O2/c1-5-16(4)33-26(38)20-10-19(11-21(28)12-20)24-22(34-27(36-35-24)32-15(2)3)13-23(37)31-14-17-6-8-18(9-7-17)25(29)30/h6-12,15-16H,5,13-14,28H2,1-4H3,(H3,29,30)(H,31,37)(H,33,38)(H,32,34,36). The minimum atomic E-state index is -0.267. The van der Waals surface area contributed by atoms with Crippen LogP contribution in [0.4, 0.5) is 11.6 Å². The molecule has 1 atom stereocenters. The van der Waals surface area contributed by atoms with Crippen LogP contribution in [0, 0.1) is 5.41 Å². The summed E-state index contributed by atoms with van der Waals surface area (Å²) in [6, 6.07) is 12.1. The van der Waals surface area contributed by atoms with Crippen LogP contribution in [0.1, 0.15) is 61.3 Å². The van der Waals surface area contributed by atoms with Crippen molar-refractivity contribution in [3.8, 4) is 11.3 Å². The molecule has 1 heterocycles. The van der Waals surface area contributed by atoms with Gasteiger partial charge in [0.2, 0.25) is 11.9 Å². The number of nitrogen functional groups attached to an aromatic ring is 2. The van der Waals surface area contributed by atoms with E-state index in [0.717, 1.165) is 12.0 Å². The zero-order chi connectivity index (χ0) is 27.8. The van der Waals surface area contributed by atoms with E-state index in [0.29, 0.717) is 46.3 Å². The Kier molecular flexibility index (Phi) is 9.31. The molecule has 11 heteroatoms. The van der Waals surface area contributed by atoms with E-state index >= 15 is 0 Å². The second-order valence-electron chi connectivity index (χ2n) is 9.42. The molecule has 2 aromatic carbocycles. The molecule has 0 fully saturated rings. The number of carbonyl (C=O) groups excluding carboxylic acids is 2. The minimum absolute atomic E-state index is 0.00755. The molecule has 8 N–H and O–H groups in total. The number of anilines is 2. The molecular weight excluding hydrogens is 482 g/mol. The van der Waals surface area contributed by atoms with Crippen LogP contribution in [0.15, 0.2) is 42.5 Å². The highest BCUT2D eigenvalue weighted by molar-refractivity contribution is 5.97. The number of nitrogens with one attached hydrogen (secondary N) is 4. The van der Waals surface area contributed by atoms with E-state index in [1.165, 1.54) is 0 Å². The summed E-state index contributed by atoms with van der Waals surface area (Å²) in [5.74, 6) is -0.235. The summed E-state index contributed by atoms with van der Waals surface area (Å²) in [7, 11) is 0. The van der Waals surface area contributed by atoms with Gasteiger partial charge in [0, 0.05) is 41.0 Å². The Hall–Kier alpha value is -4.54. The smallest absolute Gasteiger partial charge is 0.251 e. The van der Waals surface area contributed by atoms with Crippen LogP contribution in [0.5, 0.6) is 0 Å². The molecule has 11 nitrogen and oxygen atoms in total. The molecule has 3 rings (SSSR count). The fourth-order valence-electron chi connectivity index (χ4n) is 3.57. The maximum absolute atomic E-state index is 12.9. The molecule has 1 unspecified atom stereocenters. The molecule has 0 aliphatic heterocycles. The molecule has 38 heavy (non-hydrogen) atoms. The van der Waals surface area contributed by atoms with Crippen molar-refractivity contribution in [3.05, 3.63) is 64.8 Å². The lowest BCUT2D eigenvalue weighted by atomic mass is 10.0. The van der Waals surface area contributed by atoms with Crippen molar-refractivity contribution in [2.24, 2.45) is 5.73 Å². The number of hydrogen-bond acceptors (Lipinski definition) is 8. The van der Waals surface area contributed by atoms with E-state index < -0.39 is 0 Å². The second-order valence-corrected chi connectivity index (χ2v) is 9.42. The summed E-state index contributed by atoms with van der Waals surface area (Å²) < 4.78 is 0. The Labute approximate surface area is 222 Å². The van der Waals surface area contributed by atoms with Crippen molar-refractivity contribution in [1.82, 2.24) is 25.8 Å². The van der Waals surface area contributed by atoms with Gasteiger partial charge in [0.15, 0.2) is 0 Å². The van der Waals surface area contributed by atoms with Gasteiger partial charge in [-0.2, -0.15) is 0 Å². The Morgan fingerprint density at radius 1 is 1.03 bits per heavy atom. The number of rotatable bonds is 11. The number of aromatic nitrogens is 3. The molecular formula is C27H35N9O2. The lowest BCUT2D eigenvalue weighted by Crippen LogP contribution is -2.32. The Morgan fingerprint density at radius 3 is 2.37 bits per heavy atom. The van der Waals surface area contributed by atoms with Crippen molar-refractivity contribution in [3.63, 3.8) is 0 Å². The van der Waals surface area contributed by atoms with E-state index in [9.17, 15) is 9.59 Å². The topological polar surface area (TPSA) is 185 Å². The fourth-order valence-corrected chi connectivity index (χ4v) is 3.57. The van der Waals surface area contributed by atoms with Crippen molar-refractivity contribution in [2.75, 3.05) is 11.1 Å². The van der Waals surface area contributed by atoms with Crippen LogP contribution in [0.25, 0.3) is 11.3 Å². The Bertz CT molecular complexity index is 1310. The molecule has 200 valence electrons. The van der Waals surface area contributed by atoms with E-state index in [1.54, 1.807) is 42.5 Å². The average molecular weight is 518 g/mol. The van der Waals surface area contributed by atoms with Gasteiger partial charge in [-0.15, -0.1) is 10.2 Å². The number of amides is 2. The van der Waals surface area contributed by atoms with Crippen LogP contribution >= 0.6 is 0 Å². The maximum Gasteiger partial charge on any atom is 0.251 e. The first-order valence-electron chi connectivity index (χ1n) is 12.5. The third-order valence-electron chi connectivity index (χ3n) is 5.74. The van der Waals surface area contributed by atoms with E-state index in [-0.39, 0.29) is 36.2 Å². The second kappa shape index (κ2) is 12.6. The normalized spacial score (nSPS) is 11.6. The molecule has 0 saturated carbocycles. The van der Waals surface area contributed by atoms with E-state index in [1.807, 2.05) is 27.7 Å². The van der Waals surface area contributed by atoms with Crippen LogP contribution in [0.2, 0.25) is 0 Å². The predicted molar refractivity (Wildman–Crippen MR) is 149 cm³/mol. The predicted octanol–water partition coefficient (Wildman–Crippen LogP) is 2.61. The lowest BCUT2D eigenvalue weighted by Gasteiger charge is -2.15. The monoisotopic (exact) mass is 517 g/mol. The number of benzene rings is 2. The van der Waals surface area contributed by atoms with E-state index in [4.69, 9.17) is 16.9 Å². The molecule has 3 aromatic rings. The Morgan fingerprint density at radius 2 is 1.74 bits per heavy atom. The van der Waals surface area contributed by atoms with Gasteiger partial charge in [0.1, 0.15) is 11.5 Å². The number of nitrogens with zero attached hydrogens (tertiary/aromatic N) is 3. The quantitative estimate of drug-likeness (QED) is 0.127. The molecule has 1 aromatic heterocycles. The first kappa shape index (κ1) is 28.0. The molecule has 0 aliphatic carbocycles. The van der Waals surface area contributed by atoms with Gasteiger partial charge in [0.05, 0.1) is 12.1 Å². The first-order valence-corrected chi connectivity index (χ1v) is 12.5. The summed E-state index contributed by atoms with van der Waals surface area (Å²) in [5, 5.41) is 24.9. The van der Waals surface area contributed by atoms with Crippen LogP contribution in [-0.4, -0.2) is 44.9 Å². The lowest BCUT2D eigenvalue weighted by molar-refractivity contribution is -0.120. The Balaban J connectivity index is 1.87. The zero-order valence-electron chi connectivity index (χ0n) is 22.1. The molecule has 0 aliphatic rings. The van der Waals surface area contributed by atoms with Gasteiger partial charge >= 0.3 is 0 Å². The van der Waals surface area contributed by atoms with Crippen molar-refractivity contribution >= 4 is 29.3 Å². The van der Waals surface area contributed by atoms with Gasteiger partial charge < -0.3 is 27.4 Å². The largest absolute Gasteiger partial charge is 0.399 e. The third kappa shape index (κ3) is 7.73. The first-order chi connectivity index (χ1) is 18.0. The van der Waals surface area contributed by atoms with Crippen LogP contribution < -0.4 is 27.4 Å². The van der Waals surface area contributed by atoms with Gasteiger partial charge in [0.25, 0.3) is 5.91 Å². The average Bonchev–Trinajstić information content (AvgIpc) is 2.87. The highest BCUT2D eigenvalue weighted by Gasteiger charge is 2.18. The summed E-state index contributed by atoms with van der Waals surface area (Å²) in [5.41, 5.74) is 15.2.